The Morgan fingerprint density at radius 3 is 2.86 bits per heavy atom. The fourth-order valence-electron chi connectivity index (χ4n) is 1.42. The van der Waals surface area contributed by atoms with Gasteiger partial charge >= 0.3 is 0 Å². The molecule has 0 saturated carbocycles. The van der Waals surface area contributed by atoms with Crippen LogP contribution in [0.5, 0.6) is 5.88 Å². The number of anilines is 2. The van der Waals surface area contributed by atoms with E-state index in [1.165, 1.54) is 0 Å². The van der Waals surface area contributed by atoms with Crippen LogP contribution in [0.1, 0.15) is 0 Å². The van der Waals surface area contributed by atoms with Crippen LogP contribution in [0.15, 0.2) is 12.1 Å². The highest BCUT2D eigenvalue weighted by molar-refractivity contribution is 5.55. The molecule has 1 fully saturated rings. The number of methoxy groups -OCH3 is 1. The van der Waals surface area contributed by atoms with E-state index in [1.54, 1.807) is 19.2 Å². The van der Waals surface area contributed by atoms with Gasteiger partial charge in [-0.05, 0) is 0 Å². The zero-order valence-electron chi connectivity index (χ0n) is 7.97. The Balaban J connectivity index is 2.21. The van der Waals surface area contributed by atoms with Crippen molar-refractivity contribution < 1.29 is 9.84 Å². The minimum absolute atomic E-state index is 0.246. The van der Waals surface area contributed by atoms with Crippen LogP contribution in [0.4, 0.5) is 11.5 Å². The van der Waals surface area contributed by atoms with Crippen LogP contribution in [-0.2, 0) is 0 Å². The summed E-state index contributed by atoms with van der Waals surface area (Å²) < 4.78 is 5.00. The molecular weight excluding hydrogens is 182 g/mol. The van der Waals surface area contributed by atoms with Crippen molar-refractivity contribution in [3.8, 4) is 5.88 Å². The highest BCUT2D eigenvalue weighted by Gasteiger charge is 2.25. The lowest BCUT2D eigenvalue weighted by Crippen LogP contribution is -2.51. The molecule has 0 atom stereocenters. The minimum Gasteiger partial charge on any atom is -0.481 e. The van der Waals surface area contributed by atoms with Gasteiger partial charge in [-0.2, -0.15) is 4.98 Å². The molecule has 1 aliphatic heterocycles. The Labute approximate surface area is 82.1 Å². The summed E-state index contributed by atoms with van der Waals surface area (Å²) in [7, 11) is 1.55. The van der Waals surface area contributed by atoms with E-state index in [9.17, 15) is 0 Å². The molecule has 0 amide bonds. The van der Waals surface area contributed by atoms with Crippen molar-refractivity contribution >= 4 is 11.5 Å². The van der Waals surface area contributed by atoms with Gasteiger partial charge in [-0.3, -0.25) is 0 Å². The molecule has 5 nitrogen and oxygen atoms in total. The Hall–Kier alpha value is -1.49. The second-order valence-corrected chi connectivity index (χ2v) is 3.36. The predicted octanol–water partition coefficient (Wildman–Crippen LogP) is -0.147. The van der Waals surface area contributed by atoms with Crippen LogP contribution in [0, 0.1) is 0 Å². The van der Waals surface area contributed by atoms with E-state index in [0.717, 1.165) is 5.82 Å². The second kappa shape index (κ2) is 3.34. The standard InChI is InChI=1S/C9H13N3O2/c1-14-9-3-6(10)2-8(11-9)12-4-7(13)5-12/h2-3,7,13H,4-5H2,1H3,(H2,10,11). The third-order valence-electron chi connectivity index (χ3n) is 2.21. The van der Waals surface area contributed by atoms with Crippen LogP contribution >= 0.6 is 0 Å². The molecule has 2 heterocycles. The van der Waals surface area contributed by atoms with Gasteiger partial charge < -0.3 is 20.5 Å². The first-order valence-corrected chi connectivity index (χ1v) is 4.43. The van der Waals surface area contributed by atoms with E-state index in [2.05, 4.69) is 4.98 Å². The van der Waals surface area contributed by atoms with E-state index >= 15 is 0 Å². The Morgan fingerprint density at radius 2 is 2.29 bits per heavy atom. The number of aliphatic hydroxyl groups excluding tert-OH is 1. The summed E-state index contributed by atoms with van der Waals surface area (Å²) in [5.74, 6) is 1.26. The number of β-amino-alcohol motifs (C(OH)–C–C–N with tert-alkyl or cyclic N) is 1. The second-order valence-electron chi connectivity index (χ2n) is 3.36. The molecule has 0 aliphatic carbocycles. The summed E-state index contributed by atoms with van der Waals surface area (Å²) in [6.07, 6.45) is -0.246. The zero-order chi connectivity index (χ0) is 10.1. The predicted molar refractivity (Wildman–Crippen MR) is 53.4 cm³/mol. The number of nitrogens with two attached hydrogens (primary N) is 1. The molecule has 0 aromatic carbocycles. The molecule has 0 spiro atoms. The highest BCUT2D eigenvalue weighted by atomic mass is 16.5. The van der Waals surface area contributed by atoms with Crippen molar-refractivity contribution in [3.05, 3.63) is 12.1 Å². The third kappa shape index (κ3) is 1.58. The molecule has 1 aromatic rings. The van der Waals surface area contributed by atoms with E-state index < -0.39 is 0 Å². The van der Waals surface area contributed by atoms with Crippen molar-refractivity contribution in [2.24, 2.45) is 0 Å². The molecule has 0 unspecified atom stereocenters. The Morgan fingerprint density at radius 1 is 1.57 bits per heavy atom. The number of aliphatic hydroxyl groups is 1. The molecule has 5 heteroatoms. The molecule has 0 bridgehead atoms. The van der Waals surface area contributed by atoms with Crippen molar-refractivity contribution in [1.82, 2.24) is 4.98 Å². The highest BCUT2D eigenvalue weighted by Crippen LogP contribution is 2.24. The Kier molecular flexibility index (Phi) is 2.17. The van der Waals surface area contributed by atoms with Gasteiger partial charge in [0.1, 0.15) is 5.82 Å². The molecule has 1 saturated heterocycles. The summed E-state index contributed by atoms with van der Waals surface area (Å²) in [6.45, 7) is 1.22. The van der Waals surface area contributed by atoms with Crippen LogP contribution in [-0.4, -0.2) is 36.4 Å². The van der Waals surface area contributed by atoms with Gasteiger partial charge in [0.15, 0.2) is 0 Å². The van der Waals surface area contributed by atoms with E-state index in [1.807, 2.05) is 4.90 Å². The van der Waals surface area contributed by atoms with Crippen LogP contribution in [0.3, 0.4) is 0 Å². The van der Waals surface area contributed by atoms with Crippen molar-refractivity contribution in [2.75, 3.05) is 30.8 Å². The molecule has 1 aromatic heterocycles. The number of nitrogens with zero attached hydrogens (tertiary/aromatic N) is 2. The minimum atomic E-state index is -0.246. The van der Waals surface area contributed by atoms with Crippen molar-refractivity contribution in [1.29, 1.82) is 0 Å². The average Bonchev–Trinajstić information content (AvgIpc) is 2.12. The molecular formula is C9H13N3O2. The van der Waals surface area contributed by atoms with Crippen molar-refractivity contribution in [2.45, 2.75) is 6.10 Å². The smallest absolute Gasteiger partial charge is 0.216 e. The van der Waals surface area contributed by atoms with Crippen LogP contribution in [0.2, 0.25) is 0 Å². The van der Waals surface area contributed by atoms with Gasteiger partial charge in [-0.25, -0.2) is 0 Å². The number of aromatic nitrogens is 1. The molecule has 0 radical (unpaired) electrons. The summed E-state index contributed by atoms with van der Waals surface area (Å²) in [4.78, 5) is 6.17. The number of nitrogen functional groups attached to an aromatic ring is 1. The number of hydrogen-bond donors (Lipinski definition) is 2. The zero-order valence-corrected chi connectivity index (χ0v) is 7.97. The van der Waals surface area contributed by atoms with Gasteiger partial charge in [0.25, 0.3) is 0 Å². The number of pyridine rings is 1. The maximum atomic E-state index is 9.14. The summed E-state index contributed by atoms with van der Waals surface area (Å²) in [5.41, 5.74) is 6.30. The van der Waals surface area contributed by atoms with E-state index in [4.69, 9.17) is 15.6 Å². The largest absolute Gasteiger partial charge is 0.481 e. The molecule has 3 N–H and O–H groups in total. The van der Waals surface area contributed by atoms with Crippen LogP contribution < -0.4 is 15.4 Å². The van der Waals surface area contributed by atoms with E-state index in [-0.39, 0.29) is 6.10 Å². The molecule has 14 heavy (non-hydrogen) atoms. The van der Waals surface area contributed by atoms with Crippen molar-refractivity contribution in [3.63, 3.8) is 0 Å². The summed E-state index contributed by atoms with van der Waals surface area (Å²) in [5, 5.41) is 9.14. The lowest BCUT2D eigenvalue weighted by atomic mass is 10.1. The quantitative estimate of drug-likeness (QED) is 0.687. The third-order valence-corrected chi connectivity index (χ3v) is 2.21. The lowest BCUT2D eigenvalue weighted by molar-refractivity contribution is 0.141. The van der Waals surface area contributed by atoms with Gasteiger partial charge in [0.2, 0.25) is 5.88 Å². The number of ether oxygens (including phenoxy) is 1. The first kappa shape index (κ1) is 9.08. The fourth-order valence-corrected chi connectivity index (χ4v) is 1.42. The SMILES string of the molecule is COc1cc(N)cc(N2CC(O)C2)n1. The Bertz CT molecular complexity index is 337. The molecule has 2 rings (SSSR count). The molecule has 76 valence electrons. The number of rotatable bonds is 2. The topological polar surface area (TPSA) is 71.6 Å². The van der Waals surface area contributed by atoms with Crippen LogP contribution in [0.25, 0.3) is 0 Å². The summed E-state index contributed by atoms with van der Waals surface area (Å²) >= 11 is 0. The maximum Gasteiger partial charge on any atom is 0.216 e. The fraction of sp³-hybridized carbons (Fsp3) is 0.444. The lowest BCUT2D eigenvalue weighted by Gasteiger charge is -2.36. The normalized spacial score (nSPS) is 16.6. The monoisotopic (exact) mass is 195 g/mol. The number of hydrogen-bond acceptors (Lipinski definition) is 5. The van der Waals surface area contributed by atoms with Gasteiger partial charge in [0, 0.05) is 30.9 Å². The van der Waals surface area contributed by atoms with E-state index in [0.29, 0.717) is 24.7 Å². The van der Waals surface area contributed by atoms with Gasteiger partial charge in [-0.15, -0.1) is 0 Å². The first-order chi connectivity index (χ1) is 6.69. The molecule has 1 aliphatic rings. The van der Waals surface area contributed by atoms with Gasteiger partial charge in [0.05, 0.1) is 13.2 Å². The summed E-state index contributed by atoms with van der Waals surface area (Å²) in [6, 6.07) is 3.44. The van der Waals surface area contributed by atoms with Gasteiger partial charge in [-0.1, -0.05) is 0 Å². The first-order valence-electron chi connectivity index (χ1n) is 4.43. The maximum absolute atomic E-state index is 9.14. The average molecular weight is 195 g/mol.